The van der Waals surface area contributed by atoms with Crippen LogP contribution in [0.1, 0.15) is 40.0 Å². The number of H-pyrrole nitrogens is 1. The van der Waals surface area contributed by atoms with Crippen LogP contribution in [0.25, 0.3) is 11.0 Å². The van der Waals surface area contributed by atoms with Crippen molar-refractivity contribution in [2.75, 3.05) is 23.5 Å². The largest absolute Gasteiger partial charge is 0.333 e. The minimum atomic E-state index is 1.02. The number of nitrogens with zero attached hydrogens (tertiary/aromatic N) is 1. The summed E-state index contributed by atoms with van der Waals surface area (Å²) in [5.41, 5.74) is 2.35. The highest BCUT2D eigenvalue weighted by Crippen LogP contribution is 2.43. The van der Waals surface area contributed by atoms with Crippen LogP contribution in [0.5, 0.6) is 0 Å². The number of fused-ring (bicyclic) bond motifs is 1. The molecule has 0 aliphatic carbocycles. The van der Waals surface area contributed by atoms with Crippen LogP contribution in [-0.2, 0) is 0 Å². The zero-order chi connectivity index (χ0) is 16.7. The van der Waals surface area contributed by atoms with Crippen LogP contribution < -0.4 is 0 Å². The van der Waals surface area contributed by atoms with Crippen molar-refractivity contribution < 1.29 is 0 Å². The number of benzene rings is 1. The van der Waals surface area contributed by atoms with Gasteiger partial charge >= 0.3 is 0 Å². The molecule has 0 saturated carbocycles. The lowest BCUT2D eigenvalue weighted by Crippen LogP contribution is -1.91. The molecule has 0 atom stereocenters. The maximum Gasteiger partial charge on any atom is 0.166 e. The van der Waals surface area contributed by atoms with Gasteiger partial charge in [-0.2, -0.15) is 0 Å². The minimum Gasteiger partial charge on any atom is -0.333 e. The van der Waals surface area contributed by atoms with Gasteiger partial charge in [0.15, 0.2) is 5.16 Å². The summed E-state index contributed by atoms with van der Waals surface area (Å²) in [6, 6.07) is 2.32. The highest BCUT2D eigenvalue weighted by molar-refractivity contribution is 8.04. The van der Waals surface area contributed by atoms with E-state index in [1.807, 2.05) is 35.3 Å². The fraction of sp³-hybridized carbons (Fsp3) is 0.588. The first-order valence-corrected chi connectivity index (χ1v) is 12.4. The summed E-state index contributed by atoms with van der Waals surface area (Å²) in [5.74, 6) is 3.50. The van der Waals surface area contributed by atoms with Gasteiger partial charge < -0.3 is 4.98 Å². The molecule has 128 valence electrons. The molecule has 0 aliphatic heterocycles. The molecular weight excluding hydrogens is 360 g/mol. The van der Waals surface area contributed by atoms with E-state index in [2.05, 4.69) is 38.1 Å². The Balaban J connectivity index is 2.54. The number of rotatable bonds is 10. The average Bonchev–Trinajstić information content (AvgIpc) is 2.99. The molecule has 0 fully saturated rings. The van der Waals surface area contributed by atoms with E-state index in [0.29, 0.717) is 0 Å². The van der Waals surface area contributed by atoms with Crippen LogP contribution >= 0.6 is 47.0 Å². The van der Waals surface area contributed by atoms with E-state index in [4.69, 9.17) is 4.98 Å². The quantitative estimate of drug-likeness (QED) is 0.454. The van der Waals surface area contributed by atoms with Crippen molar-refractivity contribution in [2.45, 2.75) is 59.9 Å². The van der Waals surface area contributed by atoms with Gasteiger partial charge in [0.1, 0.15) is 5.52 Å². The molecule has 6 heteroatoms. The second-order valence-electron chi connectivity index (χ2n) is 5.22. The van der Waals surface area contributed by atoms with E-state index in [1.54, 1.807) is 11.8 Å². The minimum absolute atomic E-state index is 1.02. The van der Waals surface area contributed by atoms with Gasteiger partial charge in [-0.1, -0.05) is 32.5 Å². The van der Waals surface area contributed by atoms with Gasteiger partial charge in [0.05, 0.1) is 5.52 Å². The Kier molecular flexibility index (Phi) is 8.58. The Bertz CT molecular complexity index is 625. The predicted molar refractivity (Wildman–Crippen MR) is 111 cm³/mol. The molecule has 0 aliphatic rings. The van der Waals surface area contributed by atoms with Crippen molar-refractivity contribution in [2.24, 2.45) is 0 Å². The van der Waals surface area contributed by atoms with Crippen molar-refractivity contribution in [1.82, 2.24) is 9.97 Å². The Labute approximate surface area is 157 Å². The summed E-state index contributed by atoms with van der Waals surface area (Å²) in [4.78, 5) is 12.6. The van der Waals surface area contributed by atoms with Gasteiger partial charge in [-0.3, -0.25) is 0 Å². The summed E-state index contributed by atoms with van der Waals surface area (Å²) >= 11 is 7.65. The first-order chi connectivity index (χ1) is 11.2. The molecule has 1 aromatic carbocycles. The van der Waals surface area contributed by atoms with E-state index >= 15 is 0 Å². The molecule has 0 saturated heterocycles. The normalized spacial score (nSPS) is 11.5. The van der Waals surface area contributed by atoms with Crippen molar-refractivity contribution in [3.63, 3.8) is 0 Å². The maximum absolute atomic E-state index is 4.84. The van der Waals surface area contributed by atoms with E-state index < -0.39 is 0 Å². The standard InChI is InChI=1S/C17H26N2S4/c1-5-8-21-13-11-12-14(19-17(18-12)20-4)16(23-10-7-3)15(13)22-9-6-2/h11H,5-10H2,1-4H3,(H,18,19). The van der Waals surface area contributed by atoms with Gasteiger partial charge in [-0.15, -0.1) is 35.3 Å². The smallest absolute Gasteiger partial charge is 0.166 e. The van der Waals surface area contributed by atoms with Crippen LogP contribution in [0.2, 0.25) is 0 Å². The topological polar surface area (TPSA) is 28.7 Å². The molecule has 1 N–H and O–H groups in total. The fourth-order valence-electron chi connectivity index (χ4n) is 2.15. The zero-order valence-corrected chi connectivity index (χ0v) is 17.7. The summed E-state index contributed by atoms with van der Waals surface area (Å²) in [5, 5.41) is 1.02. The third-order valence-corrected chi connectivity index (χ3v) is 7.89. The van der Waals surface area contributed by atoms with Gasteiger partial charge in [0.25, 0.3) is 0 Å². The number of hydrogen-bond donors (Lipinski definition) is 1. The molecule has 0 spiro atoms. The Morgan fingerprint density at radius 3 is 2.13 bits per heavy atom. The van der Waals surface area contributed by atoms with E-state index in [-0.39, 0.29) is 0 Å². The average molecular weight is 387 g/mol. The van der Waals surface area contributed by atoms with E-state index in [9.17, 15) is 0 Å². The van der Waals surface area contributed by atoms with Crippen molar-refractivity contribution in [3.8, 4) is 0 Å². The monoisotopic (exact) mass is 386 g/mol. The van der Waals surface area contributed by atoms with Crippen molar-refractivity contribution >= 4 is 58.1 Å². The fourth-order valence-corrected chi connectivity index (χ4v) is 5.96. The highest BCUT2D eigenvalue weighted by atomic mass is 32.2. The summed E-state index contributed by atoms with van der Waals surface area (Å²) in [6.45, 7) is 6.75. The number of aromatic nitrogens is 2. The molecule has 1 aromatic heterocycles. The molecule has 0 unspecified atom stereocenters. The summed E-state index contributed by atoms with van der Waals surface area (Å²) < 4.78 is 0. The summed E-state index contributed by atoms with van der Waals surface area (Å²) in [6.07, 6.45) is 5.68. The third kappa shape index (κ3) is 5.03. The lowest BCUT2D eigenvalue weighted by molar-refractivity contribution is 1.06. The number of hydrogen-bond acceptors (Lipinski definition) is 5. The number of nitrogens with one attached hydrogen (secondary N) is 1. The van der Waals surface area contributed by atoms with Crippen molar-refractivity contribution in [3.05, 3.63) is 6.07 Å². The molecule has 23 heavy (non-hydrogen) atoms. The van der Waals surface area contributed by atoms with E-state index in [0.717, 1.165) is 16.4 Å². The van der Waals surface area contributed by atoms with Crippen LogP contribution in [0, 0.1) is 0 Å². The molecule has 0 bridgehead atoms. The van der Waals surface area contributed by atoms with Gasteiger partial charge in [0, 0.05) is 14.7 Å². The van der Waals surface area contributed by atoms with Crippen LogP contribution in [0.3, 0.4) is 0 Å². The molecule has 1 heterocycles. The Hall–Kier alpha value is 0.0900. The number of imidazole rings is 1. The van der Waals surface area contributed by atoms with Crippen LogP contribution in [0.15, 0.2) is 25.9 Å². The van der Waals surface area contributed by atoms with Crippen LogP contribution in [-0.4, -0.2) is 33.5 Å². The van der Waals surface area contributed by atoms with Gasteiger partial charge in [-0.05, 0) is 48.8 Å². The lowest BCUT2D eigenvalue weighted by atomic mass is 10.3. The second kappa shape index (κ2) is 10.2. The molecule has 2 aromatic rings. The van der Waals surface area contributed by atoms with E-state index in [1.165, 1.54) is 51.0 Å². The zero-order valence-electron chi connectivity index (χ0n) is 14.4. The molecule has 2 nitrogen and oxygen atoms in total. The number of aromatic amines is 1. The predicted octanol–water partition coefficient (Wildman–Crippen LogP) is 6.79. The first-order valence-electron chi connectivity index (χ1n) is 8.24. The van der Waals surface area contributed by atoms with Gasteiger partial charge in [0.2, 0.25) is 0 Å². The second-order valence-corrected chi connectivity index (χ2v) is 9.36. The number of thioether (sulfide) groups is 4. The third-order valence-electron chi connectivity index (χ3n) is 3.19. The molecule has 0 amide bonds. The highest BCUT2D eigenvalue weighted by Gasteiger charge is 2.17. The SMILES string of the molecule is CCCSc1cc2[nH]c(SC)nc2c(SCCC)c1SCCC. The molecule has 2 rings (SSSR count). The van der Waals surface area contributed by atoms with Gasteiger partial charge in [-0.25, -0.2) is 4.98 Å². The molecular formula is C17H26N2S4. The Morgan fingerprint density at radius 1 is 0.913 bits per heavy atom. The Morgan fingerprint density at radius 2 is 1.52 bits per heavy atom. The van der Waals surface area contributed by atoms with Crippen molar-refractivity contribution in [1.29, 1.82) is 0 Å². The lowest BCUT2D eigenvalue weighted by Gasteiger charge is -2.14. The van der Waals surface area contributed by atoms with Crippen LogP contribution in [0.4, 0.5) is 0 Å². The maximum atomic E-state index is 4.84. The summed E-state index contributed by atoms with van der Waals surface area (Å²) in [7, 11) is 0. The molecule has 0 radical (unpaired) electrons. The first kappa shape index (κ1) is 19.4.